The van der Waals surface area contributed by atoms with E-state index < -0.39 is 22.8 Å². The predicted octanol–water partition coefficient (Wildman–Crippen LogP) is 13.6. The van der Waals surface area contributed by atoms with Gasteiger partial charge in [0.2, 0.25) is 0 Å². The van der Waals surface area contributed by atoms with Crippen LogP contribution in [-0.2, 0) is 80.5 Å². The van der Waals surface area contributed by atoms with Crippen LogP contribution in [0, 0.1) is 0 Å². The van der Waals surface area contributed by atoms with Crippen LogP contribution in [0.3, 0.4) is 0 Å². The maximum atomic E-state index is 16.3. The molecule has 0 amide bonds. The Morgan fingerprint density at radius 1 is 0.311 bits per heavy atom. The highest BCUT2D eigenvalue weighted by Crippen LogP contribution is 2.58. The second-order valence-electron chi connectivity index (χ2n) is 16.7. The van der Waals surface area contributed by atoms with Crippen LogP contribution in [0.1, 0.15) is 44.5 Å². The van der Waals surface area contributed by atoms with Gasteiger partial charge in [-0.1, -0.05) is 200 Å². The van der Waals surface area contributed by atoms with Crippen molar-refractivity contribution in [3.63, 3.8) is 0 Å². The molecule has 0 spiro atoms. The summed E-state index contributed by atoms with van der Waals surface area (Å²) in [6.07, 6.45) is 3.39. The number of methoxy groups -OCH3 is 3. The Morgan fingerprint density at radius 3 is 0.865 bits per heavy atom. The topological polar surface area (TPSA) is 134 Å². The molecule has 12 nitrogen and oxygen atoms in total. The molecule has 0 aliphatic rings. The molecule has 8 rings (SSSR count). The summed E-state index contributed by atoms with van der Waals surface area (Å²) in [5.74, 6) is 0.364. The molecule has 0 aliphatic heterocycles. The van der Waals surface area contributed by atoms with Gasteiger partial charge in [-0.25, -0.2) is 0 Å². The van der Waals surface area contributed by atoms with Crippen molar-refractivity contribution in [2.45, 2.75) is 39.6 Å². The Morgan fingerprint density at radius 2 is 0.581 bits per heavy atom. The molecule has 0 atom stereocenters. The van der Waals surface area contributed by atoms with Crippen LogP contribution < -0.4 is 30.1 Å². The number of hydrogen-bond donors (Lipinski definition) is 0. The molecule has 0 saturated carbocycles. The third kappa shape index (κ3) is 13.9. The van der Waals surface area contributed by atoms with E-state index in [1.807, 2.05) is 182 Å². The zero-order valence-corrected chi connectivity index (χ0v) is 44.0. The average molecular weight is 1050 g/mol. The molecule has 380 valence electrons. The highest BCUT2D eigenvalue weighted by atomic mass is 31.2. The van der Waals surface area contributed by atoms with Crippen molar-refractivity contribution in [2.24, 2.45) is 0 Å². The second kappa shape index (κ2) is 26.0. The van der Waals surface area contributed by atoms with Crippen LogP contribution in [0.4, 0.5) is 0 Å². The van der Waals surface area contributed by atoms with E-state index in [4.69, 9.17) is 41.4 Å². The maximum Gasteiger partial charge on any atom is 0.369 e. The summed E-state index contributed by atoms with van der Waals surface area (Å²) in [6, 6.07) is 62.3. The van der Waals surface area contributed by atoms with Crippen molar-refractivity contribution in [1.29, 1.82) is 0 Å². The normalized spacial score (nSPS) is 11.9. The monoisotopic (exact) mass is 1050 g/mol. The van der Waals surface area contributed by atoms with Crippen LogP contribution in [0.2, 0.25) is 0 Å². The second-order valence-corrected chi connectivity index (χ2v) is 22.6. The van der Waals surface area contributed by atoms with Crippen LogP contribution in [0.15, 0.2) is 206 Å². The molecule has 0 aliphatic carbocycles. The smallest absolute Gasteiger partial charge is 0.369 e. The van der Waals surface area contributed by atoms with Gasteiger partial charge in [-0.3, -0.25) is 13.7 Å². The zero-order valence-electron chi connectivity index (χ0n) is 41.3. The molecule has 0 aromatic heterocycles. The lowest BCUT2D eigenvalue weighted by molar-refractivity contribution is 0.196. The maximum absolute atomic E-state index is 16.3. The fourth-order valence-corrected chi connectivity index (χ4v) is 14.0. The molecular formula is C59H57O12P3. The van der Waals surface area contributed by atoms with Gasteiger partial charge >= 0.3 is 22.8 Å². The quantitative estimate of drug-likeness (QED) is 0.0377. The van der Waals surface area contributed by atoms with Crippen molar-refractivity contribution >= 4 is 50.9 Å². The summed E-state index contributed by atoms with van der Waals surface area (Å²) in [4.78, 5) is 0. The minimum atomic E-state index is -4.64. The van der Waals surface area contributed by atoms with Crippen molar-refractivity contribution < 1.29 is 55.0 Å². The van der Waals surface area contributed by atoms with Gasteiger partial charge in [0.1, 0.15) is 27.9 Å². The molecule has 8 aromatic carbocycles. The number of hydrogen-bond acceptors (Lipinski definition) is 12. The molecule has 0 bridgehead atoms. The Labute approximate surface area is 433 Å². The fraction of sp³-hybridized carbons (Fsp3) is 0.153. The van der Waals surface area contributed by atoms with Gasteiger partial charge in [-0.15, -0.1) is 0 Å². The third-order valence-corrected chi connectivity index (χ3v) is 17.6. The van der Waals surface area contributed by atoms with Crippen molar-refractivity contribution in [3.05, 3.63) is 251 Å². The first-order valence-corrected chi connectivity index (χ1v) is 28.3. The van der Waals surface area contributed by atoms with Crippen LogP contribution in [0.5, 0.6) is 17.2 Å². The van der Waals surface area contributed by atoms with E-state index in [-0.39, 0.29) is 78.4 Å². The van der Waals surface area contributed by atoms with Crippen LogP contribution >= 0.6 is 22.8 Å². The lowest BCUT2D eigenvalue weighted by atomic mass is 10.1. The van der Waals surface area contributed by atoms with E-state index in [2.05, 4.69) is 0 Å². The van der Waals surface area contributed by atoms with Gasteiger partial charge in [0.05, 0.1) is 66.3 Å². The van der Waals surface area contributed by atoms with E-state index in [1.165, 1.54) is 21.3 Å². The Hall–Kier alpha value is -6.65. The molecule has 15 heteroatoms. The Kier molecular flexibility index (Phi) is 18.9. The molecule has 74 heavy (non-hydrogen) atoms. The summed E-state index contributed by atoms with van der Waals surface area (Å²) in [7, 11) is -9.13. The summed E-state index contributed by atoms with van der Waals surface area (Å²) < 4.78 is 104. The largest absolute Gasteiger partial charge is 0.496 e. The average Bonchev–Trinajstić information content (AvgIpc) is 3.46. The summed E-state index contributed by atoms with van der Waals surface area (Å²) in [6.45, 7) is -0.653. The van der Waals surface area contributed by atoms with Crippen LogP contribution in [0.25, 0.3) is 12.2 Å². The molecule has 8 aromatic rings. The van der Waals surface area contributed by atoms with E-state index in [9.17, 15) is 0 Å². The first kappa shape index (κ1) is 53.6. The van der Waals surface area contributed by atoms with Crippen molar-refractivity contribution in [1.82, 2.24) is 0 Å². The van der Waals surface area contributed by atoms with Gasteiger partial charge in [0.15, 0.2) is 0 Å². The van der Waals surface area contributed by atoms with Crippen molar-refractivity contribution in [3.8, 4) is 17.2 Å². The third-order valence-electron chi connectivity index (χ3n) is 11.6. The molecule has 0 radical (unpaired) electrons. The number of rotatable bonds is 26. The van der Waals surface area contributed by atoms with Gasteiger partial charge in [0.25, 0.3) is 0 Å². The molecule has 0 unspecified atom stereocenters. The minimum Gasteiger partial charge on any atom is -0.496 e. The molecule has 0 heterocycles. The number of ether oxygens (including phenoxy) is 3. The predicted molar refractivity (Wildman–Crippen MR) is 291 cm³/mol. The molecule has 0 fully saturated rings. The lowest BCUT2D eigenvalue weighted by Gasteiger charge is -2.28. The highest BCUT2D eigenvalue weighted by molar-refractivity contribution is 7.69. The first-order valence-electron chi connectivity index (χ1n) is 23.7. The SMILES string of the molecule is COc1cc(/C=C/c2ccc(OC)c(P(=O)(OCc3ccccc3)OCc3ccccc3)c2P(=O)(OCc2ccccc2)OCc2ccccc2)cc(OC)c1P(=O)(OCc1ccccc1)OCc1ccccc1. The Balaban J connectivity index is 1.29. The lowest BCUT2D eigenvalue weighted by Crippen LogP contribution is -2.32. The van der Waals surface area contributed by atoms with E-state index in [1.54, 1.807) is 36.4 Å². The summed E-state index contributed by atoms with van der Waals surface area (Å²) >= 11 is 0. The van der Waals surface area contributed by atoms with Gasteiger partial charge < -0.3 is 41.4 Å². The van der Waals surface area contributed by atoms with Gasteiger partial charge in [-0.05, 0) is 62.7 Å². The van der Waals surface area contributed by atoms with Crippen LogP contribution in [-0.4, -0.2) is 21.3 Å². The number of benzene rings is 8. The standard InChI is InChI=1S/C59H57O12P3/c1-63-54-37-36-53(35-34-52-38-55(64-2)58(56(39-52)65-3)73(61,68-42-48-26-14-6-15-27-48)69-43-49-28-16-7-17-29-49)57(72(60,66-40-46-22-10-4-11-23-46)67-41-47-24-12-5-13-25-47)59(54)74(62,70-44-50-30-18-8-19-31-50)71-45-51-32-20-9-21-33-51/h4-39H,40-45H2,1-3H3/b35-34+. The fourth-order valence-electron chi connectivity index (χ4n) is 7.80. The van der Waals surface area contributed by atoms with Gasteiger partial charge in [-0.2, -0.15) is 0 Å². The molecule has 0 saturated heterocycles. The molecular weight excluding hydrogens is 994 g/mol. The first-order chi connectivity index (χ1) is 36.1. The highest BCUT2D eigenvalue weighted by Gasteiger charge is 2.44. The van der Waals surface area contributed by atoms with Crippen molar-refractivity contribution in [2.75, 3.05) is 21.3 Å². The van der Waals surface area contributed by atoms with E-state index >= 15 is 13.7 Å². The molecule has 0 N–H and O–H groups in total. The van der Waals surface area contributed by atoms with E-state index in [0.29, 0.717) is 27.8 Å². The van der Waals surface area contributed by atoms with Gasteiger partial charge in [0, 0.05) is 0 Å². The zero-order chi connectivity index (χ0) is 51.6. The van der Waals surface area contributed by atoms with E-state index in [0.717, 1.165) is 11.1 Å². The minimum absolute atomic E-state index is 0.0316. The summed E-state index contributed by atoms with van der Waals surface area (Å²) in [5, 5.41) is -0.164. The summed E-state index contributed by atoms with van der Waals surface area (Å²) in [5.41, 5.74) is 5.16. The Bertz CT molecular complexity index is 3050.